The summed E-state index contributed by atoms with van der Waals surface area (Å²) in [7, 11) is 0. The van der Waals surface area contributed by atoms with E-state index in [4.69, 9.17) is 0 Å². The van der Waals surface area contributed by atoms with Gasteiger partial charge in [-0.3, -0.25) is 14.9 Å². The van der Waals surface area contributed by atoms with E-state index < -0.39 is 4.92 Å². The van der Waals surface area contributed by atoms with Crippen molar-refractivity contribution in [3.8, 4) is 0 Å². The molecule has 1 aliphatic rings. The molecule has 1 unspecified atom stereocenters. The molecule has 2 rings (SSSR count). The molecule has 2 heterocycles. The first-order chi connectivity index (χ1) is 8.99. The number of carbonyl (C=O) groups is 1. The van der Waals surface area contributed by atoms with Crippen LogP contribution in [-0.4, -0.2) is 28.8 Å². The van der Waals surface area contributed by atoms with Crippen LogP contribution in [0, 0.1) is 23.0 Å². The van der Waals surface area contributed by atoms with Crippen molar-refractivity contribution in [2.24, 2.45) is 5.92 Å². The van der Waals surface area contributed by atoms with Crippen LogP contribution in [0.3, 0.4) is 0 Å². The zero-order valence-corrected chi connectivity index (χ0v) is 11.1. The Morgan fingerprint density at radius 2 is 2.26 bits per heavy atom. The molecule has 0 saturated carbocycles. The largest absolute Gasteiger partial charge is 0.356 e. The van der Waals surface area contributed by atoms with Gasteiger partial charge < -0.3 is 4.90 Å². The molecule has 1 saturated heterocycles. The Morgan fingerprint density at radius 3 is 2.84 bits per heavy atom. The maximum Gasteiger partial charge on any atom is 0.290 e. The number of ketones is 1. The van der Waals surface area contributed by atoms with Crippen molar-refractivity contribution in [2.45, 2.75) is 26.7 Å². The molecule has 0 N–H and O–H groups in total. The lowest BCUT2D eigenvalue weighted by Crippen LogP contribution is -2.38. The lowest BCUT2D eigenvalue weighted by atomic mass is 9.94. The summed E-state index contributed by atoms with van der Waals surface area (Å²) in [4.78, 5) is 28.1. The minimum atomic E-state index is -0.430. The van der Waals surface area contributed by atoms with E-state index >= 15 is 0 Å². The highest BCUT2D eigenvalue weighted by Crippen LogP contribution is 2.25. The van der Waals surface area contributed by atoms with Crippen LogP contribution in [0.5, 0.6) is 0 Å². The molecule has 0 aromatic carbocycles. The maximum atomic E-state index is 11.4. The number of pyridine rings is 1. The first kappa shape index (κ1) is 13.5. The molecular formula is C13H17N3O3. The van der Waals surface area contributed by atoms with Crippen molar-refractivity contribution in [1.29, 1.82) is 0 Å². The minimum absolute atomic E-state index is 0.0314. The first-order valence-corrected chi connectivity index (χ1v) is 6.36. The number of carbonyl (C=O) groups excluding carboxylic acids is 1. The van der Waals surface area contributed by atoms with E-state index in [1.54, 1.807) is 19.9 Å². The van der Waals surface area contributed by atoms with E-state index in [1.807, 2.05) is 4.90 Å². The Bertz CT molecular complexity index is 516. The SMILES string of the molecule is CC(=O)C1CCCN(c2ccc([N+](=O)[O-])c(C)n2)C1. The fourth-order valence-corrected chi connectivity index (χ4v) is 2.43. The van der Waals surface area contributed by atoms with Crippen LogP contribution < -0.4 is 4.90 Å². The van der Waals surface area contributed by atoms with E-state index in [9.17, 15) is 14.9 Å². The van der Waals surface area contributed by atoms with Crippen LogP contribution in [0.4, 0.5) is 11.5 Å². The summed E-state index contributed by atoms with van der Waals surface area (Å²) in [5.74, 6) is 0.962. The molecule has 19 heavy (non-hydrogen) atoms. The number of Topliss-reactive ketones (excluding diaryl/α,β-unsaturated/α-hetero) is 1. The molecule has 0 bridgehead atoms. The zero-order valence-electron chi connectivity index (χ0n) is 11.1. The van der Waals surface area contributed by atoms with Crippen LogP contribution in [-0.2, 0) is 4.79 Å². The summed E-state index contributed by atoms with van der Waals surface area (Å²) in [5.41, 5.74) is 0.441. The number of rotatable bonds is 3. The lowest BCUT2D eigenvalue weighted by molar-refractivity contribution is -0.385. The molecule has 6 heteroatoms. The zero-order chi connectivity index (χ0) is 14.0. The molecule has 1 fully saturated rings. The molecule has 1 aromatic heterocycles. The summed E-state index contributed by atoms with van der Waals surface area (Å²) in [6.45, 7) is 4.74. The quantitative estimate of drug-likeness (QED) is 0.616. The number of hydrogen-bond donors (Lipinski definition) is 0. The predicted molar refractivity (Wildman–Crippen MR) is 71.2 cm³/mol. The second-order valence-corrected chi connectivity index (χ2v) is 4.93. The van der Waals surface area contributed by atoms with Gasteiger partial charge in [-0.2, -0.15) is 0 Å². The van der Waals surface area contributed by atoms with E-state index in [0.717, 1.165) is 19.4 Å². The lowest BCUT2D eigenvalue weighted by Gasteiger charge is -2.32. The summed E-state index contributed by atoms with van der Waals surface area (Å²) in [6, 6.07) is 3.14. The number of piperidine rings is 1. The topological polar surface area (TPSA) is 76.3 Å². The standard InChI is InChI=1S/C13H17N3O3/c1-9-12(16(18)19)5-6-13(14-9)15-7-3-4-11(8-15)10(2)17/h5-6,11H,3-4,7-8H2,1-2H3. The fourth-order valence-electron chi connectivity index (χ4n) is 2.43. The van der Waals surface area contributed by atoms with Gasteiger partial charge in [-0.25, -0.2) is 4.98 Å². The minimum Gasteiger partial charge on any atom is -0.356 e. The van der Waals surface area contributed by atoms with Gasteiger partial charge in [-0.05, 0) is 32.8 Å². The highest BCUT2D eigenvalue weighted by molar-refractivity contribution is 5.79. The number of anilines is 1. The smallest absolute Gasteiger partial charge is 0.290 e. The number of nitrogens with zero attached hydrogens (tertiary/aromatic N) is 3. The van der Waals surface area contributed by atoms with Crippen molar-refractivity contribution in [2.75, 3.05) is 18.0 Å². The van der Waals surface area contributed by atoms with Gasteiger partial charge in [0.15, 0.2) is 0 Å². The maximum absolute atomic E-state index is 11.4. The van der Waals surface area contributed by atoms with Crippen molar-refractivity contribution >= 4 is 17.3 Å². The number of aryl methyl sites for hydroxylation is 1. The number of hydrogen-bond acceptors (Lipinski definition) is 5. The first-order valence-electron chi connectivity index (χ1n) is 6.36. The Hall–Kier alpha value is -1.98. The molecule has 0 radical (unpaired) electrons. The van der Waals surface area contributed by atoms with Crippen molar-refractivity contribution in [1.82, 2.24) is 4.98 Å². The van der Waals surface area contributed by atoms with Gasteiger partial charge in [-0.1, -0.05) is 0 Å². The van der Waals surface area contributed by atoms with Crippen LogP contribution in [0.25, 0.3) is 0 Å². The van der Waals surface area contributed by atoms with Gasteiger partial charge in [0.05, 0.1) is 4.92 Å². The van der Waals surface area contributed by atoms with E-state index in [1.165, 1.54) is 6.07 Å². The van der Waals surface area contributed by atoms with Crippen LogP contribution in [0.15, 0.2) is 12.1 Å². The highest BCUT2D eigenvalue weighted by atomic mass is 16.6. The normalized spacial score (nSPS) is 19.3. The van der Waals surface area contributed by atoms with Gasteiger partial charge in [0, 0.05) is 25.1 Å². The second kappa shape index (κ2) is 5.34. The van der Waals surface area contributed by atoms with Crippen molar-refractivity contribution in [3.63, 3.8) is 0 Å². The van der Waals surface area contributed by atoms with Crippen LogP contribution in [0.1, 0.15) is 25.5 Å². The third-order valence-electron chi connectivity index (χ3n) is 3.56. The molecule has 0 amide bonds. The summed E-state index contributed by atoms with van der Waals surface area (Å²) >= 11 is 0. The Labute approximate surface area is 111 Å². The highest BCUT2D eigenvalue weighted by Gasteiger charge is 2.24. The molecule has 1 aromatic rings. The monoisotopic (exact) mass is 263 g/mol. The molecular weight excluding hydrogens is 246 g/mol. The molecule has 102 valence electrons. The third-order valence-corrected chi connectivity index (χ3v) is 3.56. The van der Waals surface area contributed by atoms with Gasteiger partial charge in [0.1, 0.15) is 17.3 Å². The van der Waals surface area contributed by atoms with E-state index in [0.29, 0.717) is 18.1 Å². The van der Waals surface area contributed by atoms with Gasteiger partial charge in [0.2, 0.25) is 0 Å². The van der Waals surface area contributed by atoms with E-state index in [-0.39, 0.29) is 17.4 Å². The molecule has 0 aliphatic carbocycles. The molecule has 6 nitrogen and oxygen atoms in total. The third kappa shape index (κ3) is 2.89. The van der Waals surface area contributed by atoms with Gasteiger partial charge >= 0.3 is 0 Å². The summed E-state index contributed by atoms with van der Waals surface area (Å²) in [6.07, 6.45) is 1.86. The Morgan fingerprint density at radius 1 is 1.53 bits per heavy atom. The molecule has 1 atom stereocenters. The summed E-state index contributed by atoms with van der Waals surface area (Å²) in [5, 5.41) is 10.8. The number of aromatic nitrogens is 1. The van der Waals surface area contributed by atoms with Gasteiger partial charge in [0.25, 0.3) is 5.69 Å². The average Bonchev–Trinajstić information content (AvgIpc) is 2.38. The molecule has 0 spiro atoms. The van der Waals surface area contributed by atoms with Crippen molar-refractivity contribution in [3.05, 3.63) is 27.9 Å². The summed E-state index contributed by atoms with van der Waals surface area (Å²) < 4.78 is 0. The van der Waals surface area contributed by atoms with Crippen LogP contribution >= 0.6 is 0 Å². The van der Waals surface area contributed by atoms with E-state index in [2.05, 4.69) is 4.98 Å². The van der Waals surface area contributed by atoms with Crippen LogP contribution in [0.2, 0.25) is 0 Å². The Balaban J connectivity index is 2.20. The molecule has 1 aliphatic heterocycles. The second-order valence-electron chi connectivity index (χ2n) is 4.93. The fraction of sp³-hybridized carbons (Fsp3) is 0.538. The van der Waals surface area contributed by atoms with Crippen molar-refractivity contribution < 1.29 is 9.72 Å². The average molecular weight is 263 g/mol. The number of nitro groups is 1. The predicted octanol–water partition coefficient (Wildman–Crippen LogP) is 2.10. The van der Waals surface area contributed by atoms with Gasteiger partial charge in [-0.15, -0.1) is 0 Å². The Kier molecular flexibility index (Phi) is 3.78.